The minimum Gasteiger partial charge on any atom is -0.216 e. The molecule has 0 amide bonds. The molecule has 7 heteroatoms. The fourth-order valence-corrected chi connectivity index (χ4v) is 0.179. The van der Waals surface area contributed by atoms with Crippen molar-refractivity contribution in [3.63, 3.8) is 0 Å². The van der Waals surface area contributed by atoms with E-state index in [4.69, 9.17) is 0 Å². The number of halogens is 7. The molecule has 0 aliphatic rings. The molecule has 0 aromatic carbocycles. The van der Waals surface area contributed by atoms with Gasteiger partial charge in [0, 0.05) is 0 Å². The van der Waals surface area contributed by atoms with Crippen molar-refractivity contribution in [2.75, 3.05) is 0 Å². The Labute approximate surface area is 66.5 Å². The fraction of sp³-hybridized carbons (Fsp3) is 0.667. The minimum absolute atomic E-state index is 1.43. The van der Waals surface area contributed by atoms with Crippen molar-refractivity contribution in [1.29, 1.82) is 0 Å². The molecule has 0 spiro atoms. The van der Waals surface area contributed by atoms with Crippen molar-refractivity contribution in [2.45, 2.75) is 9.96 Å². The Balaban J connectivity index is 4.40. The van der Waals surface area contributed by atoms with Crippen molar-refractivity contribution in [2.24, 2.45) is 0 Å². The van der Waals surface area contributed by atoms with Crippen molar-refractivity contribution < 1.29 is 22.0 Å². The highest BCUT2D eigenvalue weighted by Gasteiger charge is 2.60. The summed E-state index contributed by atoms with van der Waals surface area (Å²) in [5.41, 5.74) is 0. The third kappa shape index (κ3) is 1.95. The molecule has 1 unspecified atom stereocenters. The lowest BCUT2D eigenvalue weighted by Gasteiger charge is -2.20. The van der Waals surface area contributed by atoms with Gasteiger partial charge in [0.2, 0.25) is 0 Å². The second-order valence-corrected chi connectivity index (χ2v) is 2.90. The van der Waals surface area contributed by atoms with Gasteiger partial charge in [0.1, 0.15) is 0 Å². The Morgan fingerprint density at radius 1 is 1.20 bits per heavy atom. The average Bonchev–Trinajstić information content (AvgIpc) is 1.62. The van der Waals surface area contributed by atoms with Crippen LogP contribution in [0.2, 0.25) is 0 Å². The summed E-state index contributed by atoms with van der Waals surface area (Å²) >= 11 is 5.39. The predicted molar refractivity (Wildman–Crippen MR) is 29.0 cm³/mol. The van der Waals surface area contributed by atoms with Crippen LogP contribution in [0.25, 0.3) is 0 Å². The van der Waals surface area contributed by atoms with Crippen LogP contribution in [0.1, 0.15) is 0 Å². The Morgan fingerprint density at radius 2 is 1.50 bits per heavy atom. The molecule has 0 aliphatic carbocycles. The number of rotatable bonds is 2. The molecule has 61 valence electrons. The summed E-state index contributed by atoms with van der Waals surface area (Å²) in [6.07, 6.45) is -3.12. The molecule has 0 saturated heterocycles. The molecule has 0 aromatic heterocycles. The van der Waals surface area contributed by atoms with Crippen LogP contribution < -0.4 is 0 Å². The van der Waals surface area contributed by atoms with E-state index in [-0.39, 0.29) is 0 Å². The summed E-state index contributed by atoms with van der Waals surface area (Å²) in [4.78, 5) is 0. The molecular weight excluding hydrogens is 246 g/mol. The van der Waals surface area contributed by atoms with Crippen LogP contribution in [-0.4, -0.2) is 9.96 Å². The van der Waals surface area contributed by atoms with E-state index in [1.165, 1.54) is 15.9 Å². The second kappa shape index (κ2) is 2.81. The van der Waals surface area contributed by atoms with Gasteiger partial charge >= 0.3 is 16.4 Å². The summed E-state index contributed by atoms with van der Waals surface area (Å²) in [5.74, 6) is 0. The van der Waals surface area contributed by atoms with Gasteiger partial charge in [0.25, 0.3) is 0 Å². The molecule has 1 atom stereocenters. The quantitative estimate of drug-likeness (QED) is 0.518. The lowest BCUT2D eigenvalue weighted by Crippen LogP contribution is -2.36. The molecule has 0 N–H and O–H groups in total. The summed E-state index contributed by atoms with van der Waals surface area (Å²) in [6.45, 7) is 0. The Kier molecular flexibility index (Phi) is 2.93. The largest absolute Gasteiger partial charge is 0.371 e. The van der Waals surface area contributed by atoms with Gasteiger partial charge in [-0.25, -0.2) is 4.39 Å². The average molecular weight is 246 g/mol. The first-order chi connectivity index (χ1) is 4.19. The van der Waals surface area contributed by atoms with E-state index in [1.54, 1.807) is 0 Å². The topological polar surface area (TPSA) is 0 Å². The minimum atomic E-state index is -4.65. The molecule has 0 aromatic rings. The standard InChI is InChI=1S/C3BrClF5/c4-2(8,1(6)7)3(5,9)10. The van der Waals surface area contributed by atoms with Crippen LogP contribution in [0.4, 0.5) is 22.0 Å². The van der Waals surface area contributed by atoms with Crippen molar-refractivity contribution in [1.82, 2.24) is 0 Å². The first-order valence-corrected chi connectivity index (χ1v) is 2.99. The van der Waals surface area contributed by atoms with E-state index in [2.05, 4.69) is 11.6 Å². The predicted octanol–water partition coefficient (Wildman–Crippen LogP) is 3.31. The summed E-state index contributed by atoms with van der Waals surface area (Å²) in [6, 6.07) is 0. The summed E-state index contributed by atoms with van der Waals surface area (Å²) < 4.78 is 53.4. The second-order valence-electron chi connectivity index (χ2n) is 1.33. The van der Waals surface area contributed by atoms with Gasteiger partial charge in [-0.05, 0) is 27.5 Å². The van der Waals surface area contributed by atoms with Crippen LogP contribution in [0.5, 0.6) is 0 Å². The third-order valence-electron chi connectivity index (χ3n) is 0.593. The number of hydrogen-bond donors (Lipinski definition) is 0. The summed E-state index contributed by atoms with van der Waals surface area (Å²) in [7, 11) is 0. The van der Waals surface area contributed by atoms with Gasteiger partial charge in [-0.15, -0.1) is 0 Å². The van der Waals surface area contributed by atoms with Gasteiger partial charge < -0.3 is 0 Å². The maximum atomic E-state index is 12.0. The van der Waals surface area contributed by atoms with E-state index in [1.807, 2.05) is 0 Å². The van der Waals surface area contributed by atoms with E-state index in [0.29, 0.717) is 0 Å². The van der Waals surface area contributed by atoms with Gasteiger partial charge in [-0.2, -0.15) is 17.6 Å². The SMILES string of the molecule is F[C](F)C(F)(Br)C(F)(F)Cl. The van der Waals surface area contributed by atoms with Crippen molar-refractivity contribution in [3.05, 3.63) is 6.43 Å². The van der Waals surface area contributed by atoms with Gasteiger partial charge in [-0.1, -0.05) is 0 Å². The third-order valence-corrected chi connectivity index (χ3v) is 1.88. The molecule has 0 bridgehead atoms. The van der Waals surface area contributed by atoms with Crippen LogP contribution in [0.15, 0.2) is 0 Å². The molecule has 0 aliphatic heterocycles. The zero-order valence-corrected chi connectivity index (χ0v) is 6.49. The van der Waals surface area contributed by atoms with E-state index in [9.17, 15) is 22.0 Å². The maximum absolute atomic E-state index is 12.0. The highest BCUT2D eigenvalue weighted by molar-refractivity contribution is 9.10. The van der Waals surface area contributed by atoms with Crippen LogP contribution in [0.3, 0.4) is 0 Å². The molecule has 0 fully saturated rings. The maximum Gasteiger partial charge on any atom is 0.371 e. The molecule has 0 nitrogen and oxygen atoms in total. The molecule has 0 rings (SSSR count). The molecule has 10 heavy (non-hydrogen) atoms. The molecule has 0 saturated carbocycles. The highest BCUT2D eigenvalue weighted by atomic mass is 79.9. The Hall–Kier alpha value is 0.420. The molecule has 1 radical (unpaired) electrons. The lowest BCUT2D eigenvalue weighted by molar-refractivity contribution is -0.0426. The normalized spacial score (nSPS) is 19.2. The Bertz CT molecular complexity index is 119. The highest BCUT2D eigenvalue weighted by Crippen LogP contribution is 2.48. The van der Waals surface area contributed by atoms with Crippen LogP contribution in [0, 0.1) is 6.43 Å². The molecular formula is C3BrClF5. The van der Waals surface area contributed by atoms with Crippen molar-refractivity contribution in [3.8, 4) is 0 Å². The first kappa shape index (κ1) is 10.4. The van der Waals surface area contributed by atoms with Crippen molar-refractivity contribution >= 4 is 27.5 Å². The van der Waals surface area contributed by atoms with E-state index >= 15 is 0 Å². The Morgan fingerprint density at radius 3 is 1.50 bits per heavy atom. The van der Waals surface area contributed by atoms with E-state index < -0.39 is 16.4 Å². The van der Waals surface area contributed by atoms with Gasteiger partial charge in [0.15, 0.2) is 0 Å². The first-order valence-electron chi connectivity index (χ1n) is 1.82. The lowest BCUT2D eigenvalue weighted by atomic mass is 10.4. The van der Waals surface area contributed by atoms with Gasteiger partial charge in [0.05, 0.1) is 0 Å². The zero-order valence-electron chi connectivity index (χ0n) is 4.15. The van der Waals surface area contributed by atoms with Gasteiger partial charge in [-0.3, -0.25) is 0 Å². The fourth-order valence-electron chi connectivity index (χ4n) is 0.107. The van der Waals surface area contributed by atoms with Crippen LogP contribution in [-0.2, 0) is 0 Å². The van der Waals surface area contributed by atoms with Crippen LogP contribution >= 0.6 is 27.5 Å². The zero-order chi connectivity index (χ0) is 8.58. The monoisotopic (exact) mass is 245 g/mol. The summed E-state index contributed by atoms with van der Waals surface area (Å²) in [5, 5.41) is -4.65. The number of alkyl halides is 5. The number of hydrogen-bond acceptors (Lipinski definition) is 0. The van der Waals surface area contributed by atoms with E-state index in [0.717, 1.165) is 0 Å². The smallest absolute Gasteiger partial charge is 0.216 e. The molecule has 0 heterocycles.